The Bertz CT molecular complexity index is 764. The lowest BCUT2D eigenvalue weighted by Gasteiger charge is -2.05. The van der Waals surface area contributed by atoms with E-state index in [1.54, 1.807) is 0 Å². The van der Waals surface area contributed by atoms with E-state index in [2.05, 4.69) is 41.9 Å². The summed E-state index contributed by atoms with van der Waals surface area (Å²) in [5.41, 5.74) is -0.125. The number of hydrogen-bond donors (Lipinski definition) is 2. The highest BCUT2D eigenvalue weighted by atomic mass is 16.6. The fourth-order valence-corrected chi connectivity index (χ4v) is 1.38. The largest absolute Gasteiger partial charge is 0.510 e. The topological polar surface area (TPSA) is 117 Å². The molecule has 0 aliphatic rings. The Labute approximate surface area is 151 Å². The molecule has 8 heteroatoms. The first-order valence-corrected chi connectivity index (χ1v) is 7.20. The van der Waals surface area contributed by atoms with Crippen LogP contribution in [0.3, 0.4) is 0 Å². The van der Waals surface area contributed by atoms with Gasteiger partial charge < -0.3 is 10.4 Å². The van der Waals surface area contributed by atoms with E-state index in [0.29, 0.717) is 5.70 Å². The fraction of sp³-hybridized carbons (Fsp3) is 0.0556. The maximum Gasteiger partial charge on any atom is 0.279 e. The number of nitro groups is 1. The Morgan fingerprint density at radius 2 is 1.73 bits per heavy atom. The molecule has 136 valence electrons. The highest BCUT2D eigenvalue weighted by Gasteiger charge is 2.13. The first kappa shape index (κ1) is 22.2. The van der Waals surface area contributed by atoms with Crippen LogP contribution in [-0.2, 0) is 4.79 Å². The highest BCUT2D eigenvalue weighted by molar-refractivity contribution is 5.94. The average molecular weight is 356 g/mol. The van der Waals surface area contributed by atoms with E-state index in [-0.39, 0.29) is 22.9 Å². The molecule has 0 fully saturated rings. The lowest BCUT2D eigenvalue weighted by molar-refractivity contribution is -0.418. The second-order valence-corrected chi connectivity index (χ2v) is 4.50. The standard InChI is InChI=1S/C18H20N4O4/c1-6-10-14(7-2)19-18(24)17(13(5)23)21-20-15(8-3)11-12-16(9-4)22(25)26/h6-12,23H,1-4H2,5H3,(H,19,24)/b14-10+,15-11+,16-12+,17-13?,21-20?. The molecule has 0 bridgehead atoms. The Kier molecular flexibility index (Phi) is 9.97. The Morgan fingerprint density at radius 3 is 2.15 bits per heavy atom. The van der Waals surface area contributed by atoms with Crippen LogP contribution in [-0.4, -0.2) is 15.9 Å². The summed E-state index contributed by atoms with van der Waals surface area (Å²) in [6.45, 7) is 15.1. The Balaban J connectivity index is 5.62. The van der Waals surface area contributed by atoms with Crippen molar-refractivity contribution < 1.29 is 14.8 Å². The number of carbonyl (C=O) groups excluding carboxylic acids is 1. The van der Waals surface area contributed by atoms with Gasteiger partial charge in [-0.25, -0.2) is 0 Å². The number of carbonyl (C=O) groups is 1. The zero-order valence-electron chi connectivity index (χ0n) is 14.4. The molecule has 0 rings (SSSR count). The molecule has 0 heterocycles. The number of amides is 1. The molecule has 0 aromatic carbocycles. The molecule has 0 saturated heterocycles. The first-order valence-electron chi connectivity index (χ1n) is 7.20. The van der Waals surface area contributed by atoms with Gasteiger partial charge in [-0.1, -0.05) is 32.4 Å². The predicted molar refractivity (Wildman–Crippen MR) is 100 cm³/mol. The van der Waals surface area contributed by atoms with E-state index in [1.165, 1.54) is 37.3 Å². The van der Waals surface area contributed by atoms with Gasteiger partial charge in [0.25, 0.3) is 11.6 Å². The van der Waals surface area contributed by atoms with Gasteiger partial charge in [-0.3, -0.25) is 14.9 Å². The van der Waals surface area contributed by atoms with E-state index in [0.717, 1.165) is 12.2 Å². The van der Waals surface area contributed by atoms with Gasteiger partial charge in [-0.2, -0.15) is 5.11 Å². The van der Waals surface area contributed by atoms with Crippen molar-refractivity contribution in [1.82, 2.24) is 5.32 Å². The number of rotatable bonds is 10. The molecule has 2 N–H and O–H groups in total. The number of hydrogen-bond acceptors (Lipinski definition) is 6. The van der Waals surface area contributed by atoms with Crippen LogP contribution >= 0.6 is 0 Å². The van der Waals surface area contributed by atoms with E-state index >= 15 is 0 Å². The minimum atomic E-state index is -0.724. The van der Waals surface area contributed by atoms with Gasteiger partial charge in [0.05, 0.1) is 10.6 Å². The van der Waals surface area contributed by atoms with Crippen molar-refractivity contribution in [3.05, 3.63) is 108 Å². The van der Waals surface area contributed by atoms with Crippen molar-refractivity contribution in [3.8, 4) is 0 Å². The number of aliphatic hydroxyl groups is 1. The number of nitrogens with one attached hydrogen (secondary N) is 1. The summed E-state index contributed by atoms with van der Waals surface area (Å²) in [4.78, 5) is 22.2. The maximum atomic E-state index is 12.2. The molecule has 0 aliphatic heterocycles. The molecule has 0 radical (unpaired) electrons. The summed E-state index contributed by atoms with van der Waals surface area (Å²) in [6.07, 6.45) is 9.09. The van der Waals surface area contributed by atoms with E-state index in [9.17, 15) is 20.0 Å². The van der Waals surface area contributed by atoms with Crippen molar-refractivity contribution >= 4 is 5.91 Å². The molecule has 0 unspecified atom stereocenters. The molecule has 0 saturated carbocycles. The third-order valence-electron chi connectivity index (χ3n) is 2.65. The normalized spacial score (nSPS) is 13.7. The van der Waals surface area contributed by atoms with Gasteiger partial charge in [-0.05, 0) is 31.2 Å². The van der Waals surface area contributed by atoms with Crippen LogP contribution in [0, 0.1) is 10.1 Å². The summed E-state index contributed by atoms with van der Waals surface area (Å²) >= 11 is 0. The predicted octanol–water partition coefficient (Wildman–Crippen LogP) is 4.02. The van der Waals surface area contributed by atoms with Crippen molar-refractivity contribution in [3.63, 3.8) is 0 Å². The Morgan fingerprint density at radius 1 is 1.08 bits per heavy atom. The van der Waals surface area contributed by atoms with Gasteiger partial charge in [0.1, 0.15) is 5.76 Å². The fourth-order valence-electron chi connectivity index (χ4n) is 1.38. The number of aliphatic hydroxyl groups excluding tert-OH is 1. The number of nitrogens with zero attached hydrogens (tertiary/aromatic N) is 3. The molecule has 0 spiro atoms. The molecule has 1 amide bonds. The van der Waals surface area contributed by atoms with Crippen molar-refractivity contribution in [2.24, 2.45) is 10.2 Å². The smallest absolute Gasteiger partial charge is 0.279 e. The summed E-state index contributed by atoms with van der Waals surface area (Å²) in [5.74, 6) is -1.10. The first-order chi connectivity index (χ1) is 12.3. The zero-order chi connectivity index (χ0) is 20.1. The quantitative estimate of drug-likeness (QED) is 0.153. The highest BCUT2D eigenvalue weighted by Crippen LogP contribution is 2.10. The minimum absolute atomic E-state index is 0.128. The van der Waals surface area contributed by atoms with E-state index in [1.807, 2.05) is 0 Å². The lowest BCUT2D eigenvalue weighted by Crippen LogP contribution is -2.23. The molecule has 8 nitrogen and oxygen atoms in total. The van der Waals surface area contributed by atoms with Gasteiger partial charge in [0, 0.05) is 17.8 Å². The second-order valence-electron chi connectivity index (χ2n) is 4.50. The SMILES string of the molecule is C=C/C=C(\C=C)NC(=O)C(N=N/C(C=C)=C/C=C(\C=C)[N+](=O)[O-])=C(C)O. The third kappa shape index (κ3) is 7.64. The summed E-state index contributed by atoms with van der Waals surface area (Å²) in [5, 5.41) is 30.3. The average Bonchev–Trinajstić information content (AvgIpc) is 2.59. The molecule has 26 heavy (non-hydrogen) atoms. The lowest BCUT2D eigenvalue weighted by atomic mass is 10.3. The van der Waals surface area contributed by atoms with Crippen molar-refractivity contribution in [1.29, 1.82) is 0 Å². The summed E-state index contributed by atoms with van der Waals surface area (Å²) in [7, 11) is 0. The molecule has 0 aromatic rings. The third-order valence-corrected chi connectivity index (χ3v) is 2.65. The van der Waals surface area contributed by atoms with Crippen LogP contribution in [0.4, 0.5) is 0 Å². The zero-order valence-corrected chi connectivity index (χ0v) is 14.4. The minimum Gasteiger partial charge on any atom is -0.510 e. The van der Waals surface area contributed by atoms with Gasteiger partial charge in [0.2, 0.25) is 0 Å². The molecule has 0 aliphatic carbocycles. The van der Waals surface area contributed by atoms with E-state index in [4.69, 9.17) is 0 Å². The molecular formula is C18H20N4O4. The van der Waals surface area contributed by atoms with Crippen LogP contribution in [0.5, 0.6) is 0 Å². The summed E-state index contributed by atoms with van der Waals surface area (Å²) in [6, 6.07) is 0. The number of azo groups is 1. The number of allylic oxidation sites excluding steroid dienone is 8. The van der Waals surface area contributed by atoms with Gasteiger partial charge >= 0.3 is 0 Å². The second kappa shape index (κ2) is 11.7. The van der Waals surface area contributed by atoms with E-state index < -0.39 is 10.8 Å². The van der Waals surface area contributed by atoms with Crippen LogP contribution in [0.15, 0.2) is 108 Å². The van der Waals surface area contributed by atoms with Crippen molar-refractivity contribution in [2.45, 2.75) is 6.92 Å². The molecule has 0 aromatic heterocycles. The maximum absolute atomic E-state index is 12.2. The van der Waals surface area contributed by atoms with Gasteiger partial charge in [0.15, 0.2) is 5.70 Å². The van der Waals surface area contributed by atoms with Crippen LogP contribution < -0.4 is 5.32 Å². The van der Waals surface area contributed by atoms with Crippen LogP contribution in [0.1, 0.15) is 6.92 Å². The van der Waals surface area contributed by atoms with Crippen LogP contribution in [0.2, 0.25) is 0 Å². The monoisotopic (exact) mass is 356 g/mol. The molecular weight excluding hydrogens is 336 g/mol. The molecule has 0 atom stereocenters. The van der Waals surface area contributed by atoms with Gasteiger partial charge in [-0.15, -0.1) is 5.11 Å². The van der Waals surface area contributed by atoms with Crippen LogP contribution in [0.25, 0.3) is 0 Å². The summed E-state index contributed by atoms with van der Waals surface area (Å²) < 4.78 is 0. The van der Waals surface area contributed by atoms with Crippen molar-refractivity contribution in [2.75, 3.05) is 0 Å². The Hall–Kier alpha value is -3.81.